The Labute approximate surface area is 116 Å². The zero-order chi connectivity index (χ0) is 12.8. The van der Waals surface area contributed by atoms with Gasteiger partial charge in [-0.1, -0.05) is 6.92 Å². The number of ether oxygens (including phenoxy) is 1. The first-order valence-corrected chi connectivity index (χ1v) is 9.02. The van der Waals surface area contributed by atoms with Crippen molar-refractivity contribution in [1.82, 2.24) is 5.32 Å². The van der Waals surface area contributed by atoms with Gasteiger partial charge in [-0.2, -0.15) is 11.8 Å². The fraction of sp³-hybridized carbons (Fsp3) is 0.900. The molecule has 0 saturated carbocycles. The van der Waals surface area contributed by atoms with Crippen molar-refractivity contribution in [3.05, 3.63) is 0 Å². The summed E-state index contributed by atoms with van der Waals surface area (Å²) >= 11 is 5.69. The highest BCUT2D eigenvalue weighted by molar-refractivity contribution is 8.22. The summed E-state index contributed by atoms with van der Waals surface area (Å²) in [4.78, 5) is 10.9. The van der Waals surface area contributed by atoms with Crippen LogP contribution in [-0.4, -0.2) is 52.6 Å². The van der Waals surface area contributed by atoms with Crippen LogP contribution < -0.4 is 5.32 Å². The minimum atomic E-state index is -0.453. The van der Waals surface area contributed by atoms with Crippen molar-refractivity contribution in [3.8, 4) is 0 Å². The fourth-order valence-corrected chi connectivity index (χ4v) is 4.13. The van der Waals surface area contributed by atoms with E-state index in [0.717, 1.165) is 15.9 Å². The summed E-state index contributed by atoms with van der Waals surface area (Å²) in [5.41, 5.74) is 0. The summed E-state index contributed by atoms with van der Waals surface area (Å²) in [6.07, 6.45) is 0.781. The van der Waals surface area contributed by atoms with E-state index in [4.69, 9.17) is 5.11 Å². The van der Waals surface area contributed by atoms with E-state index < -0.39 is 6.09 Å². The van der Waals surface area contributed by atoms with Crippen molar-refractivity contribution >= 4 is 41.4 Å². The van der Waals surface area contributed by atoms with Gasteiger partial charge in [0.2, 0.25) is 0 Å². The van der Waals surface area contributed by atoms with E-state index in [1.165, 1.54) is 12.2 Å². The molecule has 0 aromatic carbocycles. The summed E-state index contributed by atoms with van der Waals surface area (Å²) in [6, 6.07) is 0. The van der Waals surface area contributed by atoms with Crippen molar-refractivity contribution in [2.24, 2.45) is 0 Å². The second-order valence-electron chi connectivity index (χ2n) is 3.04. The van der Waals surface area contributed by atoms with Crippen LogP contribution in [-0.2, 0) is 4.74 Å². The van der Waals surface area contributed by atoms with Crippen LogP contribution in [0.1, 0.15) is 13.3 Å². The zero-order valence-corrected chi connectivity index (χ0v) is 12.6. The Morgan fingerprint density at radius 1 is 1.24 bits per heavy atom. The number of nitrogens with one attached hydrogen (secondary N) is 1. The van der Waals surface area contributed by atoms with E-state index in [-0.39, 0.29) is 13.2 Å². The lowest BCUT2D eigenvalue weighted by Crippen LogP contribution is -2.27. The predicted octanol–water partition coefficient (Wildman–Crippen LogP) is 2.23. The molecule has 0 unspecified atom stereocenters. The molecule has 0 aromatic heterocycles. The molecule has 0 aliphatic rings. The number of carbonyl (C=O) groups is 1. The lowest BCUT2D eigenvalue weighted by atomic mass is 10.6. The zero-order valence-electron chi connectivity index (χ0n) is 10.1. The molecule has 102 valence electrons. The van der Waals surface area contributed by atoms with E-state index >= 15 is 0 Å². The largest absolute Gasteiger partial charge is 0.447 e. The number of aliphatic hydroxyl groups is 1. The third-order valence-electron chi connectivity index (χ3n) is 1.52. The monoisotopic (exact) mass is 299 g/mol. The minimum Gasteiger partial charge on any atom is -0.447 e. The quantitative estimate of drug-likeness (QED) is 0.451. The Hall–Kier alpha value is 0.280. The van der Waals surface area contributed by atoms with Crippen LogP contribution in [0.25, 0.3) is 0 Å². The fourth-order valence-electron chi connectivity index (χ4n) is 0.829. The second kappa shape index (κ2) is 14.3. The van der Waals surface area contributed by atoms with Crippen molar-refractivity contribution in [2.75, 3.05) is 41.4 Å². The normalized spacial score (nSPS) is 10.2. The molecule has 0 radical (unpaired) electrons. The smallest absolute Gasteiger partial charge is 0.407 e. The first kappa shape index (κ1) is 17.3. The molecule has 0 fully saturated rings. The first-order valence-electron chi connectivity index (χ1n) is 5.56. The van der Waals surface area contributed by atoms with E-state index in [1.54, 1.807) is 0 Å². The van der Waals surface area contributed by atoms with E-state index in [2.05, 4.69) is 17.0 Å². The molecule has 17 heavy (non-hydrogen) atoms. The third-order valence-corrected chi connectivity index (χ3v) is 5.38. The topological polar surface area (TPSA) is 58.6 Å². The number of aliphatic hydroxyl groups excluding tert-OH is 1. The number of rotatable bonds is 11. The van der Waals surface area contributed by atoms with Crippen LogP contribution in [0.15, 0.2) is 0 Å². The molecule has 0 saturated heterocycles. The van der Waals surface area contributed by atoms with Crippen LogP contribution in [0.4, 0.5) is 4.79 Å². The van der Waals surface area contributed by atoms with Gasteiger partial charge in [-0.25, -0.2) is 4.79 Å². The standard InChI is InChI=1S/C10H21NO3S3/c1-2-6-15-8-17-9-16-7-3-11-10(13)14-5-4-12/h12H,2-9H2,1H3,(H,11,13). The van der Waals surface area contributed by atoms with E-state index in [0.29, 0.717) is 6.54 Å². The van der Waals surface area contributed by atoms with Crippen LogP contribution in [0.2, 0.25) is 0 Å². The van der Waals surface area contributed by atoms with E-state index in [9.17, 15) is 4.79 Å². The molecule has 1 amide bonds. The maximum atomic E-state index is 10.9. The molecule has 0 rings (SSSR count). The molecule has 4 nitrogen and oxygen atoms in total. The number of hydrogen-bond donors (Lipinski definition) is 2. The number of carbonyl (C=O) groups excluding carboxylic acids is 1. The molecule has 0 aromatic rings. The van der Waals surface area contributed by atoms with Crippen molar-refractivity contribution in [3.63, 3.8) is 0 Å². The summed E-state index contributed by atoms with van der Waals surface area (Å²) in [5.74, 6) is 2.12. The van der Waals surface area contributed by atoms with Gasteiger partial charge in [0, 0.05) is 22.5 Å². The Kier molecular flexibility index (Phi) is 14.6. The number of amides is 1. The Morgan fingerprint density at radius 3 is 2.59 bits per heavy atom. The Balaban J connectivity index is 3.05. The van der Waals surface area contributed by atoms with Gasteiger partial charge < -0.3 is 15.2 Å². The van der Waals surface area contributed by atoms with Crippen molar-refractivity contribution in [2.45, 2.75) is 13.3 Å². The highest BCUT2D eigenvalue weighted by atomic mass is 32.2. The van der Waals surface area contributed by atoms with Gasteiger partial charge in [-0.05, 0) is 12.2 Å². The van der Waals surface area contributed by atoms with Crippen molar-refractivity contribution < 1.29 is 14.6 Å². The second-order valence-corrected chi connectivity index (χ2v) is 6.97. The predicted molar refractivity (Wildman–Crippen MR) is 79.0 cm³/mol. The third kappa shape index (κ3) is 14.2. The minimum absolute atomic E-state index is 0.0590. The van der Waals surface area contributed by atoms with Gasteiger partial charge in [-0.15, -0.1) is 23.5 Å². The lowest BCUT2D eigenvalue weighted by Gasteiger charge is -2.05. The first-order chi connectivity index (χ1) is 8.31. The molecule has 7 heteroatoms. The maximum absolute atomic E-state index is 10.9. The van der Waals surface area contributed by atoms with Crippen LogP contribution in [0.5, 0.6) is 0 Å². The highest BCUT2D eigenvalue weighted by Crippen LogP contribution is 2.17. The molecule has 0 heterocycles. The molecular formula is C10H21NO3S3. The van der Waals surface area contributed by atoms with Gasteiger partial charge in [0.25, 0.3) is 0 Å². The van der Waals surface area contributed by atoms with E-state index in [1.807, 2.05) is 35.3 Å². The van der Waals surface area contributed by atoms with Crippen LogP contribution >= 0.6 is 35.3 Å². The van der Waals surface area contributed by atoms with Gasteiger partial charge in [0.1, 0.15) is 6.61 Å². The van der Waals surface area contributed by atoms with Crippen LogP contribution in [0, 0.1) is 0 Å². The van der Waals surface area contributed by atoms with Gasteiger partial charge in [0.15, 0.2) is 0 Å². The number of alkyl carbamates (subject to hydrolysis) is 1. The van der Waals surface area contributed by atoms with Gasteiger partial charge in [-0.3, -0.25) is 0 Å². The molecule has 0 aliphatic carbocycles. The summed E-state index contributed by atoms with van der Waals surface area (Å²) < 4.78 is 4.65. The Bertz CT molecular complexity index is 184. The summed E-state index contributed by atoms with van der Waals surface area (Å²) in [7, 11) is 0. The van der Waals surface area contributed by atoms with Crippen molar-refractivity contribution in [1.29, 1.82) is 0 Å². The number of thioether (sulfide) groups is 3. The van der Waals surface area contributed by atoms with Crippen LogP contribution in [0.3, 0.4) is 0 Å². The van der Waals surface area contributed by atoms with Gasteiger partial charge in [0.05, 0.1) is 6.61 Å². The Morgan fingerprint density at radius 2 is 1.94 bits per heavy atom. The summed E-state index contributed by atoms with van der Waals surface area (Å²) in [6.45, 7) is 2.73. The highest BCUT2D eigenvalue weighted by Gasteiger charge is 1.99. The molecular weight excluding hydrogens is 278 g/mol. The molecule has 0 bridgehead atoms. The molecule has 0 spiro atoms. The molecule has 0 atom stereocenters. The molecule has 0 aliphatic heterocycles. The number of hydrogen-bond acceptors (Lipinski definition) is 6. The van der Waals surface area contributed by atoms with Gasteiger partial charge >= 0.3 is 6.09 Å². The lowest BCUT2D eigenvalue weighted by molar-refractivity contribution is 0.119. The average molecular weight is 299 g/mol. The molecule has 2 N–H and O–H groups in total. The SMILES string of the molecule is CCCSCSCSCCNC(=O)OCCO. The average Bonchev–Trinajstić information content (AvgIpc) is 2.34. The summed E-state index contributed by atoms with van der Waals surface area (Å²) in [5, 5.41) is 13.3. The maximum Gasteiger partial charge on any atom is 0.407 e.